The zero-order chi connectivity index (χ0) is 22.5. The maximum Gasteiger partial charge on any atom is 0.435 e. The molecule has 5 rings (SSSR count). The van der Waals surface area contributed by atoms with E-state index in [-0.39, 0.29) is 6.04 Å². The van der Waals surface area contributed by atoms with Gasteiger partial charge in [0, 0.05) is 19.1 Å². The lowest BCUT2D eigenvalue weighted by molar-refractivity contribution is -0.141. The summed E-state index contributed by atoms with van der Waals surface area (Å²) in [4.78, 5) is 10.6. The van der Waals surface area contributed by atoms with E-state index in [4.69, 9.17) is 0 Å². The zero-order valence-corrected chi connectivity index (χ0v) is 16.7. The van der Waals surface area contributed by atoms with Gasteiger partial charge in [0.15, 0.2) is 17.2 Å². The first-order chi connectivity index (χ1) is 15.3. The minimum absolute atomic E-state index is 0.143. The van der Waals surface area contributed by atoms with E-state index >= 15 is 0 Å². The summed E-state index contributed by atoms with van der Waals surface area (Å²) in [6.45, 7) is 0.835. The summed E-state index contributed by atoms with van der Waals surface area (Å²) < 4.78 is 64.6. The van der Waals surface area contributed by atoms with Crippen LogP contribution in [0, 0.1) is 11.8 Å². The van der Waals surface area contributed by atoms with Crippen LogP contribution >= 0.6 is 0 Å². The fraction of sp³-hybridized carbons (Fsp3) is 0.526. The van der Waals surface area contributed by atoms with Crippen molar-refractivity contribution in [1.29, 1.82) is 0 Å². The van der Waals surface area contributed by atoms with Crippen LogP contribution in [0.5, 0.6) is 0 Å². The summed E-state index contributed by atoms with van der Waals surface area (Å²) in [5.74, 6) is 1.67. The highest BCUT2D eigenvalue weighted by molar-refractivity contribution is 5.71. The smallest absolute Gasteiger partial charge is 0.366 e. The predicted molar refractivity (Wildman–Crippen MR) is 104 cm³/mol. The van der Waals surface area contributed by atoms with Crippen LogP contribution < -0.4 is 10.2 Å². The quantitative estimate of drug-likeness (QED) is 0.593. The first-order valence-corrected chi connectivity index (χ1v) is 10.2. The highest BCUT2D eigenvalue weighted by atomic mass is 19.4. The molecule has 1 saturated heterocycles. The number of hydrogen-bond donors (Lipinski definition) is 1. The molecule has 32 heavy (non-hydrogen) atoms. The zero-order valence-electron chi connectivity index (χ0n) is 16.7. The highest BCUT2D eigenvalue weighted by Crippen LogP contribution is 2.40. The van der Waals surface area contributed by atoms with Crippen molar-refractivity contribution in [2.24, 2.45) is 11.8 Å². The molecular formula is C19H19F5N8. The number of nitrogens with one attached hydrogen (secondary N) is 1. The maximum atomic E-state index is 12.7. The van der Waals surface area contributed by atoms with Crippen LogP contribution in [0.4, 0.5) is 33.6 Å². The van der Waals surface area contributed by atoms with Gasteiger partial charge in [-0.15, -0.1) is 10.2 Å². The van der Waals surface area contributed by atoms with E-state index in [0.717, 1.165) is 23.6 Å². The Morgan fingerprint density at radius 2 is 1.81 bits per heavy atom. The van der Waals surface area contributed by atoms with E-state index in [2.05, 4.69) is 30.6 Å². The molecule has 3 atom stereocenters. The van der Waals surface area contributed by atoms with Gasteiger partial charge < -0.3 is 10.2 Å². The third-order valence-electron chi connectivity index (χ3n) is 6.02. The first kappa shape index (κ1) is 20.8. The van der Waals surface area contributed by atoms with Gasteiger partial charge in [-0.1, -0.05) is 0 Å². The summed E-state index contributed by atoms with van der Waals surface area (Å²) in [7, 11) is 0. The van der Waals surface area contributed by atoms with E-state index in [9.17, 15) is 22.0 Å². The minimum Gasteiger partial charge on any atom is -0.366 e. The molecule has 4 heterocycles. The number of rotatable bonds is 5. The van der Waals surface area contributed by atoms with Crippen LogP contribution in [0.1, 0.15) is 18.5 Å². The lowest BCUT2D eigenvalue weighted by Gasteiger charge is -2.20. The van der Waals surface area contributed by atoms with Crippen molar-refractivity contribution < 1.29 is 22.0 Å². The van der Waals surface area contributed by atoms with Crippen molar-refractivity contribution in [1.82, 2.24) is 29.9 Å². The lowest BCUT2D eigenvalue weighted by atomic mass is 10.0. The Morgan fingerprint density at radius 3 is 2.44 bits per heavy atom. The van der Waals surface area contributed by atoms with Crippen molar-refractivity contribution in [3.05, 3.63) is 30.2 Å². The number of nitrogens with zero attached hydrogens (tertiary/aromatic N) is 7. The fourth-order valence-corrected chi connectivity index (χ4v) is 4.64. The Hall–Kier alpha value is -3.12. The van der Waals surface area contributed by atoms with E-state index in [1.165, 1.54) is 12.3 Å². The van der Waals surface area contributed by atoms with Crippen LogP contribution in [0.15, 0.2) is 24.5 Å². The molecule has 3 aromatic heterocycles. The van der Waals surface area contributed by atoms with Gasteiger partial charge in [0.1, 0.15) is 17.9 Å². The molecule has 1 N–H and O–H groups in total. The molecule has 0 aromatic carbocycles. The van der Waals surface area contributed by atoms with E-state index < -0.39 is 24.8 Å². The van der Waals surface area contributed by atoms with Crippen molar-refractivity contribution in [3.63, 3.8) is 0 Å². The van der Waals surface area contributed by atoms with Gasteiger partial charge in [0.05, 0.1) is 12.4 Å². The molecule has 8 nitrogen and oxygen atoms in total. The predicted octanol–water partition coefficient (Wildman–Crippen LogP) is 3.23. The summed E-state index contributed by atoms with van der Waals surface area (Å²) in [6, 6.07) is 2.46. The average molecular weight is 454 g/mol. The standard InChI is InChI=1S/C19H19F5N8/c20-15(21)9-32-18-13(5-26-32)25-6-16(28-18)27-12-3-10-7-31(8-11(10)4-12)17-2-1-14(29-30-17)19(22,23)24/h1-2,5-6,10-12,15H,3-4,7-9H2,(H,27,28)/t10-,11+,12?. The Morgan fingerprint density at radius 1 is 1.06 bits per heavy atom. The molecule has 1 aliphatic heterocycles. The number of anilines is 2. The van der Waals surface area contributed by atoms with Crippen molar-refractivity contribution in [3.8, 4) is 0 Å². The van der Waals surface area contributed by atoms with Crippen molar-refractivity contribution >= 4 is 22.8 Å². The topological polar surface area (TPSA) is 84.7 Å². The molecule has 0 bridgehead atoms. The number of halogens is 5. The van der Waals surface area contributed by atoms with Gasteiger partial charge in [-0.25, -0.2) is 23.4 Å². The van der Waals surface area contributed by atoms with Gasteiger partial charge in [-0.3, -0.25) is 0 Å². The number of fused-ring (bicyclic) bond motifs is 2. The van der Waals surface area contributed by atoms with E-state index in [1.807, 2.05) is 4.90 Å². The van der Waals surface area contributed by atoms with Crippen LogP contribution in [0.2, 0.25) is 0 Å². The summed E-state index contributed by atoms with van der Waals surface area (Å²) >= 11 is 0. The number of hydrogen-bond acceptors (Lipinski definition) is 7. The van der Waals surface area contributed by atoms with Crippen LogP contribution in [0.3, 0.4) is 0 Å². The second-order valence-corrected chi connectivity index (χ2v) is 8.19. The molecule has 0 amide bonds. The normalized spacial score (nSPS) is 23.3. The molecular weight excluding hydrogens is 435 g/mol. The SMILES string of the molecule is FC(F)Cn1ncc2ncc(NC3C[C@@H]4CN(c5ccc(C(F)(F)F)nn5)C[C@@H]4C3)nc21. The summed E-state index contributed by atoms with van der Waals surface area (Å²) in [5, 5.41) is 14.3. The highest BCUT2D eigenvalue weighted by Gasteiger charge is 2.42. The van der Waals surface area contributed by atoms with Crippen LogP contribution in [-0.4, -0.2) is 55.5 Å². The van der Waals surface area contributed by atoms with Crippen molar-refractivity contribution in [2.75, 3.05) is 23.3 Å². The third-order valence-corrected chi connectivity index (χ3v) is 6.02. The largest absolute Gasteiger partial charge is 0.435 e. The summed E-state index contributed by atoms with van der Waals surface area (Å²) in [5.41, 5.74) is -0.244. The lowest BCUT2D eigenvalue weighted by Crippen LogP contribution is -2.26. The number of alkyl halides is 5. The molecule has 0 spiro atoms. The summed E-state index contributed by atoms with van der Waals surface area (Å²) in [6.07, 6.45) is -2.36. The molecule has 2 aliphatic rings. The monoisotopic (exact) mass is 454 g/mol. The maximum absolute atomic E-state index is 12.7. The van der Waals surface area contributed by atoms with Gasteiger partial charge in [-0.05, 0) is 36.8 Å². The second kappa shape index (κ2) is 7.78. The molecule has 0 radical (unpaired) electrons. The average Bonchev–Trinajstić information content (AvgIpc) is 3.41. The van der Waals surface area contributed by atoms with Gasteiger partial charge in [0.2, 0.25) is 0 Å². The Bertz CT molecular complexity index is 1090. The minimum atomic E-state index is -4.50. The van der Waals surface area contributed by atoms with Gasteiger partial charge >= 0.3 is 6.18 Å². The molecule has 13 heteroatoms. The first-order valence-electron chi connectivity index (χ1n) is 10.2. The van der Waals surface area contributed by atoms with E-state index in [1.54, 1.807) is 6.20 Å². The Balaban J connectivity index is 1.21. The second-order valence-electron chi connectivity index (χ2n) is 8.19. The number of aromatic nitrogens is 6. The molecule has 170 valence electrons. The Labute approximate surface area is 178 Å². The third kappa shape index (κ3) is 4.02. The molecule has 2 fully saturated rings. The van der Waals surface area contributed by atoms with Gasteiger partial charge in [0.25, 0.3) is 6.43 Å². The van der Waals surface area contributed by atoms with Crippen LogP contribution in [-0.2, 0) is 12.7 Å². The molecule has 1 aliphatic carbocycles. The molecule has 1 saturated carbocycles. The fourth-order valence-electron chi connectivity index (χ4n) is 4.64. The van der Waals surface area contributed by atoms with Crippen molar-refractivity contribution in [2.45, 2.75) is 38.0 Å². The van der Waals surface area contributed by atoms with E-state index in [0.29, 0.717) is 47.7 Å². The Kier molecular flexibility index (Phi) is 5.05. The molecule has 1 unspecified atom stereocenters. The molecule has 3 aromatic rings. The van der Waals surface area contributed by atoms with Gasteiger partial charge in [-0.2, -0.15) is 18.3 Å². The van der Waals surface area contributed by atoms with Crippen LogP contribution in [0.25, 0.3) is 11.2 Å².